The second kappa shape index (κ2) is 16.4. The number of nitriles is 1. The SMILES string of the molecule is CC1(C)[C@H](NC(=O)c2ccc(N3CCN(CCCCCOc4ccc5c(c4)CN(C4CCC(=O)NC4=O)C5=O)CC3)cc2)C(C)(C)[C@H]1Oc1ccc(C#N)c(Cl)c1. The molecule has 1 unspecified atom stereocenters. The van der Waals surface area contributed by atoms with Crippen LogP contribution >= 0.6 is 11.6 Å². The van der Waals surface area contributed by atoms with Gasteiger partial charge in [-0.3, -0.25) is 29.4 Å². The second-order valence-electron chi connectivity index (χ2n) is 16.8. The molecule has 7 rings (SSSR count). The van der Waals surface area contributed by atoms with Gasteiger partial charge >= 0.3 is 0 Å². The number of nitrogens with zero attached hydrogens (tertiary/aromatic N) is 4. The summed E-state index contributed by atoms with van der Waals surface area (Å²) in [4.78, 5) is 56.7. The van der Waals surface area contributed by atoms with Gasteiger partial charge in [-0.25, -0.2) is 0 Å². The fourth-order valence-electron chi connectivity index (χ4n) is 9.31. The Morgan fingerprint density at radius 1 is 0.930 bits per heavy atom. The van der Waals surface area contributed by atoms with Crippen LogP contribution in [0.25, 0.3) is 0 Å². The van der Waals surface area contributed by atoms with Crippen LogP contribution in [0.15, 0.2) is 60.7 Å². The van der Waals surface area contributed by atoms with Gasteiger partial charge in [0.25, 0.3) is 11.8 Å². The highest BCUT2D eigenvalue weighted by Gasteiger charge is 2.64. The molecule has 2 N–H and O–H groups in total. The number of unbranched alkanes of at least 4 members (excludes halogenated alkanes) is 2. The van der Waals surface area contributed by atoms with Gasteiger partial charge in [-0.1, -0.05) is 39.3 Å². The predicted octanol–water partition coefficient (Wildman–Crippen LogP) is 5.96. The number of anilines is 1. The van der Waals surface area contributed by atoms with Crippen LogP contribution in [0.2, 0.25) is 5.02 Å². The number of nitrogens with one attached hydrogen (secondary N) is 2. The van der Waals surface area contributed by atoms with Crippen molar-refractivity contribution in [1.29, 1.82) is 5.26 Å². The molecule has 3 aromatic carbocycles. The third kappa shape index (κ3) is 8.32. The molecule has 3 fully saturated rings. The molecule has 300 valence electrons. The molecule has 57 heavy (non-hydrogen) atoms. The van der Waals surface area contributed by atoms with Crippen molar-refractivity contribution in [1.82, 2.24) is 20.4 Å². The summed E-state index contributed by atoms with van der Waals surface area (Å²) in [5.41, 5.74) is 2.88. The summed E-state index contributed by atoms with van der Waals surface area (Å²) in [6.07, 6.45) is 3.46. The summed E-state index contributed by atoms with van der Waals surface area (Å²) < 4.78 is 12.4. The molecule has 1 saturated carbocycles. The van der Waals surface area contributed by atoms with E-state index < -0.39 is 11.9 Å². The first-order chi connectivity index (χ1) is 27.3. The van der Waals surface area contributed by atoms with Crippen LogP contribution in [0.1, 0.15) is 91.6 Å². The Bertz CT molecular complexity index is 2060. The van der Waals surface area contributed by atoms with Crippen LogP contribution in [0.3, 0.4) is 0 Å². The van der Waals surface area contributed by atoms with Crippen molar-refractivity contribution in [3.8, 4) is 17.6 Å². The third-order valence-electron chi connectivity index (χ3n) is 12.2. The summed E-state index contributed by atoms with van der Waals surface area (Å²) >= 11 is 6.24. The molecule has 12 nitrogen and oxygen atoms in total. The molecular weight excluding hydrogens is 744 g/mol. The Morgan fingerprint density at radius 3 is 2.33 bits per heavy atom. The fourth-order valence-corrected chi connectivity index (χ4v) is 9.52. The molecule has 3 aromatic rings. The lowest BCUT2D eigenvalue weighted by Crippen LogP contribution is -2.74. The lowest BCUT2D eigenvalue weighted by Gasteiger charge is -2.63. The summed E-state index contributed by atoms with van der Waals surface area (Å²) in [5, 5.41) is 15.2. The van der Waals surface area contributed by atoms with Crippen LogP contribution in [-0.4, -0.2) is 90.9 Å². The van der Waals surface area contributed by atoms with Crippen molar-refractivity contribution < 1.29 is 28.7 Å². The van der Waals surface area contributed by atoms with Gasteiger partial charge in [-0.05, 0) is 92.4 Å². The lowest BCUT2D eigenvalue weighted by atomic mass is 9.49. The van der Waals surface area contributed by atoms with Crippen molar-refractivity contribution in [3.05, 3.63) is 87.9 Å². The van der Waals surface area contributed by atoms with Gasteiger partial charge in [0.2, 0.25) is 11.8 Å². The van der Waals surface area contributed by atoms with E-state index in [9.17, 15) is 24.4 Å². The van der Waals surface area contributed by atoms with E-state index in [0.29, 0.717) is 47.0 Å². The van der Waals surface area contributed by atoms with E-state index in [4.69, 9.17) is 21.1 Å². The summed E-state index contributed by atoms with van der Waals surface area (Å²) in [6, 6.07) is 19.8. The number of hydrogen-bond donors (Lipinski definition) is 2. The van der Waals surface area contributed by atoms with E-state index in [0.717, 1.165) is 69.0 Å². The number of benzene rings is 3. The first-order valence-electron chi connectivity index (χ1n) is 19.9. The first-order valence-corrected chi connectivity index (χ1v) is 20.3. The standard InChI is InChI=1S/C44H51ClN6O6/c1-43(2)41(44(3,4)42(43)57-33-13-10-29(26-46)35(45)25-33)48-38(53)28-8-11-31(12-9-28)50-21-19-49(20-22-50)18-6-5-7-23-56-32-14-15-34-30(24-32)27-51(40(34)55)36-16-17-37(52)47-39(36)54/h8-15,24-25,36,41-42H,5-7,16-23,27H2,1-4H3,(H,48,53)(H,47,52,54)/t36?,41-,42-. The number of imide groups is 1. The third-order valence-corrected chi connectivity index (χ3v) is 12.5. The van der Waals surface area contributed by atoms with Crippen molar-refractivity contribution >= 4 is 40.9 Å². The van der Waals surface area contributed by atoms with Gasteiger partial charge in [0, 0.05) is 78.9 Å². The fraction of sp³-hybridized carbons (Fsp3) is 0.477. The first kappa shape index (κ1) is 40.1. The normalized spacial score (nSPS) is 22.6. The Morgan fingerprint density at radius 2 is 1.65 bits per heavy atom. The largest absolute Gasteiger partial charge is 0.494 e. The highest BCUT2D eigenvalue weighted by molar-refractivity contribution is 6.31. The van der Waals surface area contributed by atoms with Crippen molar-refractivity contribution in [2.45, 2.75) is 84.5 Å². The van der Waals surface area contributed by atoms with Crippen LogP contribution < -0.4 is 25.0 Å². The van der Waals surface area contributed by atoms with Gasteiger partial charge in [0.1, 0.15) is 29.7 Å². The van der Waals surface area contributed by atoms with E-state index in [-0.39, 0.29) is 47.1 Å². The molecule has 0 bridgehead atoms. The van der Waals surface area contributed by atoms with Crippen LogP contribution in [0, 0.1) is 22.2 Å². The van der Waals surface area contributed by atoms with E-state index >= 15 is 0 Å². The van der Waals surface area contributed by atoms with Crippen molar-refractivity contribution in [2.24, 2.45) is 10.8 Å². The lowest BCUT2D eigenvalue weighted by molar-refractivity contribution is -0.164. The molecule has 3 heterocycles. The van der Waals surface area contributed by atoms with Gasteiger partial charge in [-0.15, -0.1) is 0 Å². The molecule has 0 radical (unpaired) electrons. The zero-order chi connectivity index (χ0) is 40.5. The number of rotatable bonds is 13. The van der Waals surface area contributed by atoms with Crippen molar-refractivity contribution in [2.75, 3.05) is 44.2 Å². The minimum atomic E-state index is -0.623. The number of halogens is 1. The number of fused-ring (bicyclic) bond motifs is 1. The zero-order valence-electron chi connectivity index (χ0n) is 33.1. The molecule has 4 amide bonds. The van der Waals surface area contributed by atoms with E-state index in [2.05, 4.69) is 54.2 Å². The predicted molar refractivity (Wildman–Crippen MR) is 216 cm³/mol. The smallest absolute Gasteiger partial charge is 0.255 e. The van der Waals surface area contributed by atoms with Crippen LogP contribution in [0.5, 0.6) is 11.5 Å². The molecule has 13 heteroatoms. The van der Waals surface area contributed by atoms with Crippen molar-refractivity contribution in [3.63, 3.8) is 0 Å². The number of piperazine rings is 1. The Labute approximate surface area is 339 Å². The number of carbonyl (C=O) groups excluding carboxylic acids is 4. The Balaban J connectivity index is 0.799. The van der Waals surface area contributed by atoms with Crippen LogP contribution in [0.4, 0.5) is 5.69 Å². The number of hydrogen-bond acceptors (Lipinski definition) is 9. The second-order valence-corrected chi connectivity index (χ2v) is 17.2. The van der Waals surface area contributed by atoms with E-state index in [1.807, 2.05) is 36.4 Å². The maximum Gasteiger partial charge on any atom is 0.255 e. The molecule has 3 aliphatic heterocycles. The topological polar surface area (TPSA) is 144 Å². The van der Waals surface area contributed by atoms with Gasteiger partial charge in [0.05, 0.1) is 17.2 Å². The number of carbonyl (C=O) groups is 4. The molecule has 1 aliphatic carbocycles. The molecule has 2 saturated heterocycles. The Hall–Kier alpha value is -5.12. The van der Waals surface area contributed by atoms with E-state index in [1.165, 1.54) is 0 Å². The summed E-state index contributed by atoms with van der Waals surface area (Å²) in [5.74, 6) is 0.328. The van der Waals surface area contributed by atoms with Gasteiger partial charge in [0.15, 0.2) is 0 Å². The van der Waals surface area contributed by atoms with Gasteiger partial charge < -0.3 is 24.6 Å². The number of amides is 4. The average Bonchev–Trinajstić information content (AvgIpc) is 3.52. The number of ether oxygens (including phenoxy) is 2. The minimum absolute atomic E-state index is 0.107. The average molecular weight is 795 g/mol. The summed E-state index contributed by atoms with van der Waals surface area (Å²) in [7, 11) is 0. The Kier molecular flexibility index (Phi) is 11.5. The molecule has 0 aromatic heterocycles. The minimum Gasteiger partial charge on any atom is -0.494 e. The maximum absolute atomic E-state index is 13.4. The van der Waals surface area contributed by atoms with Crippen LogP contribution in [-0.2, 0) is 16.1 Å². The highest BCUT2D eigenvalue weighted by atomic mass is 35.5. The molecule has 4 aliphatic rings. The van der Waals surface area contributed by atoms with E-state index in [1.54, 1.807) is 29.2 Å². The maximum atomic E-state index is 13.4. The monoisotopic (exact) mass is 794 g/mol. The quantitative estimate of drug-likeness (QED) is 0.158. The molecule has 1 atom stereocenters. The number of piperidine rings is 1. The summed E-state index contributed by atoms with van der Waals surface area (Å²) in [6.45, 7) is 14.2. The van der Waals surface area contributed by atoms with Gasteiger partial charge in [-0.2, -0.15) is 5.26 Å². The highest BCUT2D eigenvalue weighted by Crippen LogP contribution is 2.55. The molecule has 0 spiro atoms. The zero-order valence-corrected chi connectivity index (χ0v) is 33.9. The molecular formula is C44H51ClN6O6.